The van der Waals surface area contributed by atoms with E-state index in [1.807, 2.05) is 0 Å². The highest BCUT2D eigenvalue weighted by atomic mass is 79.9. The van der Waals surface area contributed by atoms with Gasteiger partial charge in [-0.15, -0.1) is 0 Å². The lowest BCUT2D eigenvalue weighted by atomic mass is 9.77. The Morgan fingerprint density at radius 1 is 1.14 bits per heavy atom. The van der Waals surface area contributed by atoms with Crippen molar-refractivity contribution in [3.05, 3.63) is 32.2 Å². The van der Waals surface area contributed by atoms with E-state index in [1.54, 1.807) is 0 Å². The fraction of sp³-hybridized carbons (Fsp3) is 0.667. The first-order chi connectivity index (χ1) is 10.0. The van der Waals surface area contributed by atoms with Gasteiger partial charge >= 0.3 is 0 Å². The van der Waals surface area contributed by atoms with Crippen LogP contribution in [0.25, 0.3) is 0 Å². The first-order valence-corrected chi connectivity index (χ1v) is 9.80. The van der Waals surface area contributed by atoms with Crippen molar-refractivity contribution in [1.29, 1.82) is 0 Å². The molecule has 21 heavy (non-hydrogen) atoms. The number of hydrogen-bond donors (Lipinski definition) is 1. The van der Waals surface area contributed by atoms with Crippen molar-refractivity contribution >= 4 is 31.9 Å². The van der Waals surface area contributed by atoms with Gasteiger partial charge in [0, 0.05) is 15.0 Å². The van der Waals surface area contributed by atoms with E-state index in [9.17, 15) is 0 Å². The molecule has 0 aliphatic heterocycles. The molecule has 0 saturated heterocycles. The summed E-state index contributed by atoms with van der Waals surface area (Å²) in [7, 11) is 0. The SMILES string of the molecule is CCCNC(c1cc(Br)c(C)cc1Br)C1CCC(C)CC1. The highest BCUT2D eigenvalue weighted by Crippen LogP contribution is 2.40. The predicted octanol–water partition coefficient (Wildman–Crippen LogP) is 6.39. The van der Waals surface area contributed by atoms with Crippen molar-refractivity contribution in [2.24, 2.45) is 11.8 Å². The van der Waals surface area contributed by atoms with Crippen LogP contribution in [0.5, 0.6) is 0 Å². The number of nitrogens with one attached hydrogen (secondary N) is 1. The number of aryl methyl sites for hydroxylation is 1. The molecule has 0 aromatic heterocycles. The van der Waals surface area contributed by atoms with Gasteiger partial charge in [0.2, 0.25) is 0 Å². The summed E-state index contributed by atoms with van der Waals surface area (Å²) in [6.45, 7) is 7.88. The van der Waals surface area contributed by atoms with E-state index in [0.29, 0.717) is 6.04 Å². The number of rotatable bonds is 5. The molecule has 1 saturated carbocycles. The molecule has 3 heteroatoms. The van der Waals surface area contributed by atoms with E-state index in [0.717, 1.165) is 18.4 Å². The second-order valence-electron chi connectivity index (χ2n) is 6.57. The third-order valence-electron chi connectivity index (χ3n) is 4.76. The molecule has 1 aromatic carbocycles. The molecule has 1 unspecified atom stereocenters. The standard InChI is InChI=1S/C18H27Br2N/c1-4-9-21-18(14-7-5-12(2)6-8-14)15-11-16(19)13(3)10-17(15)20/h10-12,14,18,21H,4-9H2,1-3H3. The van der Waals surface area contributed by atoms with Crippen molar-refractivity contribution in [2.45, 2.75) is 58.9 Å². The smallest absolute Gasteiger partial charge is 0.0360 e. The maximum absolute atomic E-state index is 3.81. The molecule has 0 spiro atoms. The van der Waals surface area contributed by atoms with Gasteiger partial charge in [0.25, 0.3) is 0 Å². The van der Waals surface area contributed by atoms with E-state index < -0.39 is 0 Å². The Bertz CT molecular complexity index is 465. The minimum atomic E-state index is 0.476. The summed E-state index contributed by atoms with van der Waals surface area (Å²) >= 11 is 7.49. The van der Waals surface area contributed by atoms with Crippen molar-refractivity contribution < 1.29 is 0 Å². The zero-order valence-electron chi connectivity index (χ0n) is 13.4. The van der Waals surface area contributed by atoms with Crippen LogP contribution in [-0.2, 0) is 0 Å². The molecule has 0 radical (unpaired) electrons. The second kappa shape index (κ2) is 8.12. The summed E-state index contributed by atoms with van der Waals surface area (Å²) < 4.78 is 2.46. The Morgan fingerprint density at radius 3 is 2.43 bits per heavy atom. The molecule has 1 aliphatic carbocycles. The summed E-state index contributed by atoms with van der Waals surface area (Å²) in [5.41, 5.74) is 2.71. The van der Waals surface area contributed by atoms with Gasteiger partial charge in [-0.25, -0.2) is 0 Å². The Morgan fingerprint density at radius 2 is 1.81 bits per heavy atom. The van der Waals surface area contributed by atoms with Crippen LogP contribution in [-0.4, -0.2) is 6.54 Å². The van der Waals surface area contributed by atoms with Gasteiger partial charge in [0.1, 0.15) is 0 Å². The van der Waals surface area contributed by atoms with E-state index in [-0.39, 0.29) is 0 Å². The average molecular weight is 417 g/mol. The minimum Gasteiger partial charge on any atom is -0.310 e. The molecule has 0 bridgehead atoms. The molecule has 1 aromatic rings. The highest BCUT2D eigenvalue weighted by molar-refractivity contribution is 9.11. The predicted molar refractivity (Wildman–Crippen MR) is 98.7 cm³/mol. The van der Waals surface area contributed by atoms with Crippen LogP contribution in [0.15, 0.2) is 21.1 Å². The van der Waals surface area contributed by atoms with E-state index >= 15 is 0 Å². The fourth-order valence-electron chi connectivity index (χ4n) is 3.35. The summed E-state index contributed by atoms with van der Waals surface area (Å²) in [6, 6.07) is 5.03. The molecular formula is C18H27Br2N. The Balaban J connectivity index is 2.25. The van der Waals surface area contributed by atoms with Crippen LogP contribution < -0.4 is 5.32 Å². The lowest BCUT2D eigenvalue weighted by Crippen LogP contribution is -2.31. The largest absolute Gasteiger partial charge is 0.310 e. The highest BCUT2D eigenvalue weighted by Gasteiger charge is 2.28. The van der Waals surface area contributed by atoms with Gasteiger partial charge in [-0.05, 0) is 67.8 Å². The third-order valence-corrected chi connectivity index (χ3v) is 6.30. The van der Waals surface area contributed by atoms with Gasteiger partial charge < -0.3 is 5.32 Å². The molecule has 1 nitrogen and oxygen atoms in total. The zero-order valence-corrected chi connectivity index (χ0v) is 16.6. The lowest BCUT2D eigenvalue weighted by molar-refractivity contribution is 0.231. The summed E-state index contributed by atoms with van der Waals surface area (Å²) in [6.07, 6.45) is 6.63. The fourth-order valence-corrected chi connectivity index (χ4v) is 4.42. The summed E-state index contributed by atoms with van der Waals surface area (Å²) in [5.74, 6) is 1.67. The average Bonchev–Trinajstić information content (AvgIpc) is 2.46. The Kier molecular flexibility index (Phi) is 6.77. The van der Waals surface area contributed by atoms with E-state index in [1.165, 1.54) is 52.2 Å². The monoisotopic (exact) mass is 415 g/mol. The normalized spacial score (nSPS) is 24.0. The van der Waals surface area contributed by atoms with Crippen LogP contribution in [0.2, 0.25) is 0 Å². The number of benzene rings is 1. The molecule has 2 rings (SSSR count). The van der Waals surface area contributed by atoms with Gasteiger partial charge in [0.05, 0.1) is 0 Å². The van der Waals surface area contributed by atoms with E-state index in [4.69, 9.17) is 0 Å². The van der Waals surface area contributed by atoms with Crippen LogP contribution in [0, 0.1) is 18.8 Å². The molecular weight excluding hydrogens is 390 g/mol. The molecule has 1 atom stereocenters. The maximum Gasteiger partial charge on any atom is 0.0360 e. The van der Waals surface area contributed by atoms with Gasteiger partial charge in [0.15, 0.2) is 0 Å². The van der Waals surface area contributed by atoms with E-state index in [2.05, 4.69) is 70.1 Å². The van der Waals surface area contributed by atoms with Crippen LogP contribution >= 0.6 is 31.9 Å². The lowest BCUT2D eigenvalue weighted by Gasteiger charge is -2.34. The van der Waals surface area contributed by atoms with Crippen molar-refractivity contribution in [3.63, 3.8) is 0 Å². The molecule has 0 heterocycles. The van der Waals surface area contributed by atoms with Crippen LogP contribution in [0.4, 0.5) is 0 Å². The third kappa shape index (κ3) is 4.56. The molecule has 1 aliphatic rings. The zero-order chi connectivity index (χ0) is 15.4. The summed E-state index contributed by atoms with van der Waals surface area (Å²) in [5, 5.41) is 3.81. The van der Waals surface area contributed by atoms with Crippen LogP contribution in [0.1, 0.15) is 63.1 Å². The summed E-state index contributed by atoms with van der Waals surface area (Å²) in [4.78, 5) is 0. The second-order valence-corrected chi connectivity index (χ2v) is 8.28. The van der Waals surface area contributed by atoms with Crippen molar-refractivity contribution in [2.75, 3.05) is 6.54 Å². The number of halogens is 2. The van der Waals surface area contributed by atoms with Crippen LogP contribution in [0.3, 0.4) is 0 Å². The first kappa shape index (κ1) is 17.5. The van der Waals surface area contributed by atoms with Gasteiger partial charge in [-0.3, -0.25) is 0 Å². The molecule has 118 valence electrons. The van der Waals surface area contributed by atoms with Crippen molar-refractivity contribution in [3.8, 4) is 0 Å². The van der Waals surface area contributed by atoms with Crippen molar-refractivity contribution in [1.82, 2.24) is 5.32 Å². The Labute approximate surface area is 146 Å². The number of hydrogen-bond acceptors (Lipinski definition) is 1. The quantitative estimate of drug-likeness (QED) is 0.586. The topological polar surface area (TPSA) is 12.0 Å². The minimum absolute atomic E-state index is 0.476. The van der Waals surface area contributed by atoms with Gasteiger partial charge in [-0.2, -0.15) is 0 Å². The Hall–Kier alpha value is 0.140. The molecule has 1 fully saturated rings. The first-order valence-electron chi connectivity index (χ1n) is 8.21. The maximum atomic E-state index is 3.81. The van der Waals surface area contributed by atoms with Gasteiger partial charge in [-0.1, -0.05) is 58.5 Å². The molecule has 1 N–H and O–H groups in total. The molecule has 0 amide bonds.